The third kappa shape index (κ3) is 3.10. The maximum Gasteiger partial charge on any atom is 0.0491 e. The average Bonchev–Trinajstić information content (AvgIpc) is 2.99. The summed E-state index contributed by atoms with van der Waals surface area (Å²) in [6.07, 6.45) is 5.42. The van der Waals surface area contributed by atoms with Crippen molar-refractivity contribution in [1.29, 1.82) is 0 Å². The van der Waals surface area contributed by atoms with Gasteiger partial charge in [-0.05, 0) is 42.5 Å². The maximum atomic E-state index is 3.86. The van der Waals surface area contributed by atoms with Gasteiger partial charge in [-0.2, -0.15) is 0 Å². The van der Waals surface area contributed by atoms with Crippen LogP contribution in [-0.2, 0) is 13.0 Å². The van der Waals surface area contributed by atoms with Crippen molar-refractivity contribution in [3.8, 4) is 0 Å². The summed E-state index contributed by atoms with van der Waals surface area (Å²) in [5.41, 5.74) is 5.30. The Morgan fingerprint density at radius 2 is 1.44 bits per heavy atom. The van der Waals surface area contributed by atoms with Crippen LogP contribution in [0.25, 0.3) is 27.9 Å². The smallest absolute Gasteiger partial charge is 0.0491 e. The minimum atomic E-state index is 1.06. The number of rotatable bonds is 6. The van der Waals surface area contributed by atoms with Gasteiger partial charge in [-0.15, -0.1) is 0 Å². The fourth-order valence-electron chi connectivity index (χ4n) is 3.72. The standard InChI is InChI=1S/C24H23N/c1-2-19-11-9-12-20(18-19)10-7-8-17-25-23-15-5-3-13-21(23)22-14-4-6-16-24(22)25/h2-6,9,11-16,18H,1,7-8,10,17H2. The zero-order valence-electron chi connectivity index (χ0n) is 14.5. The number of hydrogen-bond acceptors (Lipinski definition) is 0. The van der Waals surface area contributed by atoms with Crippen molar-refractivity contribution < 1.29 is 0 Å². The van der Waals surface area contributed by atoms with E-state index in [1.807, 2.05) is 6.08 Å². The number of aryl methyl sites for hydroxylation is 2. The molecule has 0 aliphatic heterocycles. The molecule has 0 N–H and O–H groups in total. The van der Waals surface area contributed by atoms with Crippen LogP contribution in [-0.4, -0.2) is 4.57 Å². The number of fused-ring (bicyclic) bond motifs is 3. The fourth-order valence-corrected chi connectivity index (χ4v) is 3.72. The molecular formula is C24H23N. The highest BCUT2D eigenvalue weighted by Gasteiger charge is 2.08. The predicted molar refractivity (Wildman–Crippen MR) is 109 cm³/mol. The molecule has 0 radical (unpaired) electrons. The number of nitrogens with zero attached hydrogens (tertiary/aromatic N) is 1. The van der Waals surface area contributed by atoms with Crippen molar-refractivity contribution in [2.45, 2.75) is 25.8 Å². The summed E-state index contributed by atoms with van der Waals surface area (Å²) in [4.78, 5) is 0. The second kappa shape index (κ2) is 6.98. The lowest BCUT2D eigenvalue weighted by Crippen LogP contribution is -1.98. The Bertz CT molecular complexity index is 969. The van der Waals surface area contributed by atoms with E-state index in [0.29, 0.717) is 0 Å². The summed E-state index contributed by atoms with van der Waals surface area (Å²) in [6.45, 7) is 4.92. The maximum absolute atomic E-state index is 3.86. The van der Waals surface area contributed by atoms with E-state index in [1.54, 1.807) is 0 Å². The van der Waals surface area contributed by atoms with Crippen LogP contribution in [0.4, 0.5) is 0 Å². The fraction of sp³-hybridized carbons (Fsp3) is 0.167. The first kappa shape index (κ1) is 15.7. The Hall–Kier alpha value is -2.80. The molecule has 0 fully saturated rings. The molecule has 0 bridgehead atoms. The van der Waals surface area contributed by atoms with Crippen molar-refractivity contribution in [3.05, 3.63) is 90.5 Å². The molecule has 1 heteroatoms. The quantitative estimate of drug-likeness (QED) is 0.358. The molecule has 0 amide bonds. The number of hydrogen-bond donors (Lipinski definition) is 0. The summed E-state index contributed by atoms with van der Waals surface area (Å²) in [7, 11) is 0. The summed E-state index contributed by atoms with van der Waals surface area (Å²) >= 11 is 0. The Morgan fingerprint density at radius 3 is 2.12 bits per heavy atom. The lowest BCUT2D eigenvalue weighted by Gasteiger charge is -2.08. The lowest BCUT2D eigenvalue weighted by atomic mass is 10.1. The number of benzene rings is 3. The van der Waals surface area contributed by atoms with Crippen LogP contribution in [0, 0.1) is 0 Å². The van der Waals surface area contributed by atoms with Gasteiger partial charge in [-0.1, -0.05) is 73.3 Å². The van der Waals surface area contributed by atoms with Crippen LogP contribution in [0.2, 0.25) is 0 Å². The highest BCUT2D eigenvalue weighted by atomic mass is 15.0. The van der Waals surface area contributed by atoms with Gasteiger partial charge in [0.05, 0.1) is 0 Å². The van der Waals surface area contributed by atoms with Crippen LogP contribution in [0.5, 0.6) is 0 Å². The van der Waals surface area contributed by atoms with E-state index in [2.05, 4.69) is 83.9 Å². The van der Waals surface area contributed by atoms with Crippen LogP contribution < -0.4 is 0 Å². The minimum Gasteiger partial charge on any atom is -0.340 e. The largest absolute Gasteiger partial charge is 0.340 e. The highest BCUT2D eigenvalue weighted by molar-refractivity contribution is 6.07. The van der Waals surface area contributed by atoms with Gasteiger partial charge in [0.1, 0.15) is 0 Å². The van der Waals surface area contributed by atoms with Crippen LogP contribution in [0.15, 0.2) is 79.4 Å². The van der Waals surface area contributed by atoms with E-state index < -0.39 is 0 Å². The molecule has 1 nitrogen and oxygen atoms in total. The van der Waals surface area contributed by atoms with E-state index in [1.165, 1.54) is 45.8 Å². The molecule has 0 spiro atoms. The Labute approximate surface area is 149 Å². The van der Waals surface area contributed by atoms with Crippen LogP contribution in [0.1, 0.15) is 24.0 Å². The normalized spacial score (nSPS) is 11.2. The summed E-state index contributed by atoms with van der Waals surface area (Å²) in [5, 5.41) is 2.72. The van der Waals surface area contributed by atoms with Gasteiger partial charge in [0.25, 0.3) is 0 Å². The molecule has 0 saturated carbocycles. The van der Waals surface area contributed by atoms with Gasteiger partial charge in [-0.3, -0.25) is 0 Å². The van der Waals surface area contributed by atoms with Gasteiger partial charge in [0, 0.05) is 28.4 Å². The van der Waals surface area contributed by atoms with Gasteiger partial charge in [-0.25, -0.2) is 0 Å². The summed E-state index contributed by atoms with van der Waals surface area (Å²) in [6, 6.07) is 26.2. The topological polar surface area (TPSA) is 4.93 Å². The molecule has 0 unspecified atom stereocenters. The molecule has 0 aliphatic carbocycles. The minimum absolute atomic E-state index is 1.06. The molecule has 0 atom stereocenters. The zero-order chi connectivity index (χ0) is 17.1. The van der Waals surface area contributed by atoms with Gasteiger partial charge >= 0.3 is 0 Å². The second-order valence-corrected chi connectivity index (χ2v) is 6.59. The number of unbranched alkanes of at least 4 members (excludes halogenated alkanes) is 1. The molecule has 1 aromatic heterocycles. The van der Waals surface area contributed by atoms with Crippen molar-refractivity contribution >= 4 is 27.9 Å². The Morgan fingerprint density at radius 1 is 0.760 bits per heavy atom. The summed E-state index contributed by atoms with van der Waals surface area (Å²) in [5.74, 6) is 0. The van der Waals surface area contributed by atoms with Crippen molar-refractivity contribution in [2.24, 2.45) is 0 Å². The molecule has 25 heavy (non-hydrogen) atoms. The Kier molecular flexibility index (Phi) is 4.39. The average molecular weight is 325 g/mol. The van der Waals surface area contributed by atoms with Gasteiger partial charge < -0.3 is 4.57 Å². The van der Waals surface area contributed by atoms with E-state index in [4.69, 9.17) is 0 Å². The molecule has 0 aliphatic rings. The third-order valence-electron chi connectivity index (χ3n) is 4.96. The molecule has 1 heterocycles. The molecular weight excluding hydrogens is 302 g/mol. The van der Waals surface area contributed by atoms with Crippen LogP contribution in [0.3, 0.4) is 0 Å². The van der Waals surface area contributed by atoms with E-state index in [-0.39, 0.29) is 0 Å². The zero-order valence-corrected chi connectivity index (χ0v) is 14.5. The predicted octanol–water partition coefficient (Wildman–Crippen LogP) is 6.46. The van der Waals surface area contributed by atoms with Gasteiger partial charge in [0.15, 0.2) is 0 Å². The van der Waals surface area contributed by atoms with Crippen molar-refractivity contribution in [3.63, 3.8) is 0 Å². The molecule has 4 aromatic rings. The first-order chi connectivity index (χ1) is 12.4. The van der Waals surface area contributed by atoms with E-state index >= 15 is 0 Å². The molecule has 0 saturated heterocycles. The van der Waals surface area contributed by atoms with Crippen molar-refractivity contribution in [2.75, 3.05) is 0 Å². The number of para-hydroxylation sites is 2. The third-order valence-corrected chi connectivity index (χ3v) is 4.96. The number of aromatic nitrogens is 1. The van der Waals surface area contributed by atoms with Crippen LogP contribution >= 0.6 is 0 Å². The Balaban J connectivity index is 1.51. The first-order valence-electron chi connectivity index (χ1n) is 9.04. The van der Waals surface area contributed by atoms with Gasteiger partial charge in [0.2, 0.25) is 0 Å². The van der Waals surface area contributed by atoms with E-state index in [9.17, 15) is 0 Å². The molecule has 3 aromatic carbocycles. The van der Waals surface area contributed by atoms with Crippen molar-refractivity contribution in [1.82, 2.24) is 4.57 Å². The van der Waals surface area contributed by atoms with E-state index in [0.717, 1.165) is 13.0 Å². The molecule has 4 rings (SSSR count). The monoisotopic (exact) mass is 325 g/mol. The molecule has 124 valence electrons. The highest BCUT2D eigenvalue weighted by Crippen LogP contribution is 2.29. The second-order valence-electron chi connectivity index (χ2n) is 6.59. The summed E-state index contributed by atoms with van der Waals surface area (Å²) < 4.78 is 2.48. The first-order valence-corrected chi connectivity index (χ1v) is 9.04. The SMILES string of the molecule is C=Cc1cccc(CCCCn2c3ccccc3c3ccccc32)c1. The lowest BCUT2D eigenvalue weighted by molar-refractivity contribution is 0.636.